The SMILES string of the molecule is CC(NC(=O)N1CCC(CO)C1)C(C)(C)c1ccccc1. The molecule has 4 heteroatoms. The highest BCUT2D eigenvalue weighted by Gasteiger charge is 2.32. The van der Waals surface area contributed by atoms with Gasteiger partial charge in [0.1, 0.15) is 0 Å². The number of amides is 2. The number of hydrogen-bond acceptors (Lipinski definition) is 2. The Morgan fingerprint density at radius 3 is 2.67 bits per heavy atom. The molecule has 2 amide bonds. The fraction of sp³-hybridized carbons (Fsp3) is 0.588. The van der Waals surface area contributed by atoms with Crippen molar-refractivity contribution in [3.8, 4) is 0 Å². The van der Waals surface area contributed by atoms with E-state index in [-0.39, 0.29) is 30.0 Å². The second kappa shape index (κ2) is 6.48. The molecule has 4 nitrogen and oxygen atoms in total. The van der Waals surface area contributed by atoms with E-state index in [1.807, 2.05) is 25.1 Å². The van der Waals surface area contributed by atoms with Crippen molar-refractivity contribution in [2.75, 3.05) is 19.7 Å². The van der Waals surface area contributed by atoms with Crippen molar-refractivity contribution in [1.29, 1.82) is 0 Å². The van der Waals surface area contributed by atoms with E-state index < -0.39 is 0 Å². The van der Waals surface area contributed by atoms with E-state index in [1.165, 1.54) is 5.56 Å². The van der Waals surface area contributed by atoms with Gasteiger partial charge in [0.25, 0.3) is 0 Å². The minimum absolute atomic E-state index is 0.0255. The van der Waals surface area contributed by atoms with Crippen LogP contribution in [0, 0.1) is 5.92 Å². The number of aliphatic hydroxyl groups is 1. The summed E-state index contributed by atoms with van der Waals surface area (Å²) in [5, 5.41) is 12.3. The highest BCUT2D eigenvalue weighted by atomic mass is 16.3. The van der Waals surface area contributed by atoms with Crippen LogP contribution in [0.4, 0.5) is 4.79 Å². The Labute approximate surface area is 127 Å². The van der Waals surface area contributed by atoms with E-state index in [0.29, 0.717) is 6.54 Å². The zero-order valence-corrected chi connectivity index (χ0v) is 13.2. The number of aliphatic hydroxyl groups excluding tert-OH is 1. The number of urea groups is 1. The minimum Gasteiger partial charge on any atom is -0.396 e. The second-order valence-electron chi connectivity index (χ2n) is 6.54. The van der Waals surface area contributed by atoms with Gasteiger partial charge in [-0.3, -0.25) is 0 Å². The third kappa shape index (κ3) is 3.56. The summed E-state index contributed by atoms with van der Waals surface area (Å²) in [7, 11) is 0. The molecule has 0 spiro atoms. The Balaban J connectivity index is 1.97. The second-order valence-corrected chi connectivity index (χ2v) is 6.54. The summed E-state index contributed by atoms with van der Waals surface area (Å²) >= 11 is 0. The summed E-state index contributed by atoms with van der Waals surface area (Å²) in [4.78, 5) is 14.1. The van der Waals surface area contributed by atoms with Crippen LogP contribution in [0.3, 0.4) is 0 Å². The van der Waals surface area contributed by atoms with Gasteiger partial charge >= 0.3 is 6.03 Å². The van der Waals surface area contributed by atoms with Crippen LogP contribution in [0.2, 0.25) is 0 Å². The van der Waals surface area contributed by atoms with Gasteiger partial charge in [0.2, 0.25) is 0 Å². The molecule has 1 saturated heterocycles. The van der Waals surface area contributed by atoms with Crippen LogP contribution < -0.4 is 5.32 Å². The summed E-state index contributed by atoms with van der Waals surface area (Å²) in [5.41, 5.74) is 1.08. The molecule has 0 bridgehead atoms. The fourth-order valence-electron chi connectivity index (χ4n) is 2.74. The van der Waals surface area contributed by atoms with Gasteiger partial charge in [0.15, 0.2) is 0 Å². The molecule has 1 aliphatic rings. The Hall–Kier alpha value is -1.55. The largest absolute Gasteiger partial charge is 0.396 e. The first-order valence-corrected chi connectivity index (χ1v) is 7.67. The topological polar surface area (TPSA) is 52.6 Å². The number of carbonyl (C=O) groups excluding carboxylic acids is 1. The van der Waals surface area contributed by atoms with Crippen molar-refractivity contribution in [3.05, 3.63) is 35.9 Å². The summed E-state index contributed by atoms with van der Waals surface area (Å²) in [6.45, 7) is 7.89. The molecule has 0 radical (unpaired) electrons. The Morgan fingerprint density at radius 2 is 2.10 bits per heavy atom. The average Bonchev–Trinajstić information content (AvgIpc) is 2.97. The van der Waals surface area contributed by atoms with Crippen LogP contribution >= 0.6 is 0 Å². The van der Waals surface area contributed by atoms with Crippen LogP contribution in [0.15, 0.2) is 30.3 Å². The lowest BCUT2D eigenvalue weighted by Gasteiger charge is -2.34. The Morgan fingerprint density at radius 1 is 1.43 bits per heavy atom. The molecule has 2 rings (SSSR count). The van der Waals surface area contributed by atoms with Gasteiger partial charge in [-0.25, -0.2) is 4.79 Å². The van der Waals surface area contributed by atoms with E-state index in [9.17, 15) is 4.79 Å². The predicted octanol–water partition coefficient (Wildman–Crippen LogP) is 2.38. The third-order valence-electron chi connectivity index (χ3n) is 4.77. The zero-order valence-electron chi connectivity index (χ0n) is 13.2. The monoisotopic (exact) mass is 290 g/mol. The maximum atomic E-state index is 12.3. The average molecular weight is 290 g/mol. The van der Waals surface area contributed by atoms with Gasteiger partial charge in [-0.1, -0.05) is 44.2 Å². The van der Waals surface area contributed by atoms with Gasteiger partial charge in [0, 0.05) is 37.1 Å². The van der Waals surface area contributed by atoms with Gasteiger partial charge in [-0.05, 0) is 18.9 Å². The number of likely N-dealkylation sites (tertiary alicyclic amines) is 1. The van der Waals surface area contributed by atoms with Crippen molar-refractivity contribution >= 4 is 6.03 Å². The van der Waals surface area contributed by atoms with Crippen LogP contribution in [0.5, 0.6) is 0 Å². The maximum absolute atomic E-state index is 12.3. The molecule has 1 aromatic rings. The lowest BCUT2D eigenvalue weighted by atomic mass is 9.78. The van der Waals surface area contributed by atoms with Gasteiger partial charge in [-0.15, -0.1) is 0 Å². The molecule has 1 aromatic carbocycles. The summed E-state index contributed by atoms with van der Waals surface area (Å²) in [6.07, 6.45) is 0.889. The predicted molar refractivity (Wildman–Crippen MR) is 84.2 cm³/mol. The molecule has 2 unspecified atom stereocenters. The maximum Gasteiger partial charge on any atom is 0.317 e. The number of benzene rings is 1. The third-order valence-corrected chi connectivity index (χ3v) is 4.77. The van der Waals surface area contributed by atoms with Crippen molar-refractivity contribution in [2.45, 2.75) is 38.6 Å². The normalized spacial score (nSPS) is 20.4. The van der Waals surface area contributed by atoms with E-state index in [0.717, 1.165) is 13.0 Å². The standard InChI is InChI=1S/C17H26N2O2/c1-13(17(2,3)15-7-5-4-6-8-15)18-16(21)19-10-9-14(11-19)12-20/h4-8,13-14,20H,9-12H2,1-3H3,(H,18,21). The number of rotatable bonds is 4. The molecule has 0 saturated carbocycles. The van der Waals surface area contributed by atoms with E-state index in [2.05, 4.69) is 31.3 Å². The number of nitrogens with one attached hydrogen (secondary N) is 1. The summed E-state index contributed by atoms with van der Waals surface area (Å²) in [6, 6.07) is 10.3. The Kier molecular flexibility index (Phi) is 4.88. The van der Waals surface area contributed by atoms with Gasteiger partial charge < -0.3 is 15.3 Å². The lowest BCUT2D eigenvalue weighted by Crippen LogP contribution is -2.50. The number of hydrogen-bond donors (Lipinski definition) is 2. The number of nitrogens with zero attached hydrogens (tertiary/aromatic N) is 1. The zero-order chi connectivity index (χ0) is 15.5. The van der Waals surface area contributed by atoms with Crippen molar-refractivity contribution in [2.24, 2.45) is 5.92 Å². The minimum atomic E-state index is -0.132. The fourth-order valence-corrected chi connectivity index (χ4v) is 2.74. The molecule has 1 heterocycles. The molecule has 116 valence electrons. The van der Waals surface area contributed by atoms with Crippen molar-refractivity contribution < 1.29 is 9.90 Å². The van der Waals surface area contributed by atoms with E-state index in [4.69, 9.17) is 5.11 Å². The van der Waals surface area contributed by atoms with Gasteiger partial charge in [-0.2, -0.15) is 0 Å². The first-order chi connectivity index (χ1) is 9.95. The molecule has 1 aliphatic heterocycles. The van der Waals surface area contributed by atoms with Crippen LogP contribution in [-0.2, 0) is 5.41 Å². The molecule has 2 N–H and O–H groups in total. The van der Waals surface area contributed by atoms with Crippen LogP contribution in [0.25, 0.3) is 0 Å². The summed E-state index contributed by atoms with van der Waals surface area (Å²) in [5.74, 6) is 0.230. The van der Waals surface area contributed by atoms with Crippen LogP contribution in [-0.4, -0.2) is 41.8 Å². The molecular formula is C17H26N2O2. The smallest absolute Gasteiger partial charge is 0.317 e. The highest BCUT2D eigenvalue weighted by Crippen LogP contribution is 2.27. The molecule has 0 aromatic heterocycles. The lowest BCUT2D eigenvalue weighted by molar-refractivity contribution is 0.190. The molecule has 21 heavy (non-hydrogen) atoms. The van der Waals surface area contributed by atoms with Crippen molar-refractivity contribution in [3.63, 3.8) is 0 Å². The van der Waals surface area contributed by atoms with Gasteiger partial charge in [0.05, 0.1) is 0 Å². The van der Waals surface area contributed by atoms with Crippen molar-refractivity contribution in [1.82, 2.24) is 10.2 Å². The quantitative estimate of drug-likeness (QED) is 0.894. The van der Waals surface area contributed by atoms with E-state index >= 15 is 0 Å². The molecule has 1 fully saturated rings. The molecular weight excluding hydrogens is 264 g/mol. The number of carbonyl (C=O) groups is 1. The molecule has 0 aliphatic carbocycles. The highest BCUT2D eigenvalue weighted by molar-refractivity contribution is 5.75. The first-order valence-electron chi connectivity index (χ1n) is 7.67. The Bertz CT molecular complexity index is 473. The summed E-state index contributed by atoms with van der Waals surface area (Å²) < 4.78 is 0. The van der Waals surface area contributed by atoms with Crippen LogP contribution in [0.1, 0.15) is 32.8 Å². The molecule has 2 atom stereocenters. The first kappa shape index (κ1) is 15.8. The van der Waals surface area contributed by atoms with E-state index in [1.54, 1.807) is 4.90 Å².